The molecule has 0 aromatic heterocycles. The van der Waals surface area contributed by atoms with Crippen molar-refractivity contribution in [1.82, 2.24) is 0 Å². The van der Waals surface area contributed by atoms with Crippen LogP contribution in [0.15, 0.2) is 53.4 Å². The fourth-order valence-electron chi connectivity index (χ4n) is 2.18. The largest absolute Gasteiger partial charge is 0.388 e. The molecular formula is C19H24OS. The minimum atomic E-state index is -0.426. The van der Waals surface area contributed by atoms with Gasteiger partial charge in [-0.25, -0.2) is 0 Å². The van der Waals surface area contributed by atoms with Crippen molar-refractivity contribution in [2.24, 2.45) is 0 Å². The Morgan fingerprint density at radius 3 is 2.29 bits per heavy atom. The molecule has 2 rings (SSSR count). The van der Waals surface area contributed by atoms with Crippen LogP contribution >= 0.6 is 11.8 Å². The molecule has 0 aliphatic rings. The summed E-state index contributed by atoms with van der Waals surface area (Å²) in [5.74, 6) is 0.679. The predicted molar refractivity (Wildman–Crippen MR) is 92.0 cm³/mol. The second-order valence-electron chi connectivity index (χ2n) is 6.52. The van der Waals surface area contributed by atoms with Crippen LogP contribution in [0.1, 0.15) is 43.6 Å². The summed E-state index contributed by atoms with van der Waals surface area (Å²) in [6.45, 7) is 8.69. The first-order valence-corrected chi connectivity index (χ1v) is 8.33. The quantitative estimate of drug-likeness (QED) is 0.791. The Labute approximate surface area is 132 Å². The SMILES string of the molecule is Cc1cccc(SCC(O)c2ccc(C(C)(C)C)cc2)c1. The number of hydrogen-bond acceptors (Lipinski definition) is 2. The van der Waals surface area contributed by atoms with Crippen molar-refractivity contribution in [3.05, 3.63) is 65.2 Å². The summed E-state index contributed by atoms with van der Waals surface area (Å²) in [6, 6.07) is 16.7. The van der Waals surface area contributed by atoms with Gasteiger partial charge in [-0.1, -0.05) is 62.7 Å². The Kier molecular flexibility index (Phi) is 5.13. The topological polar surface area (TPSA) is 20.2 Å². The Bertz CT molecular complexity index is 581. The molecular weight excluding hydrogens is 276 g/mol. The van der Waals surface area contributed by atoms with E-state index in [2.05, 4.69) is 64.1 Å². The average Bonchev–Trinajstić information content (AvgIpc) is 2.44. The molecule has 0 bridgehead atoms. The van der Waals surface area contributed by atoms with Gasteiger partial charge < -0.3 is 5.11 Å². The molecule has 1 N–H and O–H groups in total. The summed E-state index contributed by atoms with van der Waals surface area (Å²) in [5, 5.41) is 10.3. The Morgan fingerprint density at radius 1 is 1.05 bits per heavy atom. The van der Waals surface area contributed by atoms with Gasteiger partial charge in [-0.2, -0.15) is 0 Å². The number of hydrogen-bond donors (Lipinski definition) is 1. The maximum atomic E-state index is 10.3. The Morgan fingerprint density at radius 2 is 1.71 bits per heavy atom. The number of thioether (sulfide) groups is 1. The summed E-state index contributed by atoms with van der Waals surface area (Å²) < 4.78 is 0. The first-order valence-electron chi connectivity index (χ1n) is 7.34. The highest BCUT2D eigenvalue weighted by atomic mass is 32.2. The first-order chi connectivity index (χ1) is 9.86. The van der Waals surface area contributed by atoms with Crippen LogP contribution in [-0.2, 0) is 5.41 Å². The van der Waals surface area contributed by atoms with Crippen LogP contribution in [0.2, 0.25) is 0 Å². The van der Waals surface area contributed by atoms with E-state index in [1.165, 1.54) is 16.0 Å². The normalized spacial score (nSPS) is 13.2. The van der Waals surface area contributed by atoms with E-state index in [4.69, 9.17) is 0 Å². The lowest BCUT2D eigenvalue weighted by Crippen LogP contribution is -2.11. The zero-order chi connectivity index (χ0) is 15.5. The molecule has 0 aliphatic carbocycles. The molecule has 0 saturated carbocycles. The molecule has 0 heterocycles. The van der Waals surface area contributed by atoms with Gasteiger partial charge in [0, 0.05) is 10.6 Å². The van der Waals surface area contributed by atoms with Crippen LogP contribution in [0.4, 0.5) is 0 Å². The van der Waals surface area contributed by atoms with E-state index in [1.807, 2.05) is 12.1 Å². The van der Waals surface area contributed by atoms with Crippen molar-refractivity contribution >= 4 is 11.8 Å². The van der Waals surface area contributed by atoms with E-state index in [1.54, 1.807) is 11.8 Å². The molecule has 0 fully saturated rings. The first kappa shape index (κ1) is 16.1. The lowest BCUT2D eigenvalue weighted by atomic mass is 9.86. The van der Waals surface area contributed by atoms with Crippen LogP contribution < -0.4 is 0 Å². The van der Waals surface area contributed by atoms with Crippen molar-refractivity contribution in [1.29, 1.82) is 0 Å². The van der Waals surface area contributed by atoms with Crippen molar-refractivity contribution in [2.45, 2.75) is 44.1 Å². The van der Waals surface area contributed by atoms with Gasteiger partial charge in [-0.15, -0.1) is 11.8 Å². The summed E-state index contributed by atoms with van der Waals surface area (Å²) >= 11 is 1.70. The predicted octanol–water partition coefficient (Wildman–Crippen LogP) is 5.12. The lowest BCUT2D eigenvalue weighted by molar-refractivity contribution is 0.204. The van der Waals surface area contributed by atoms with E-state index < -0.39 is 6.10 Å². The maximum Gasteiger partial charge on any atom is 0.0883 e. The molecule has 0 amide bonds. The van der Waals surface area contributed by atoms with Gasteiger partial charge in [0.25, 0.3) is 0 Å². The van der Waals surface area contributed by atoms with Crippen molar-refractivity contribution in [3.8, 4) is 0 Å². The van der Waals surface area contributed by atoms with E-state index in [0.29, 0.717) is 5.75 Å². The summed E-state index contributed by atoms with van der Waals surface area (Å²) in [6.07, 6.45) is -0.426. The maximum absolute atomic E-state index is 10.3. The minimum absolute atomic E-state index is 0.153. The zero-order valence-electron chi connectivity index (χ0n) is 13.3. The number of aryl methyl sites for hydroxylation is 1. The van der Waals surface area contributed by atoms with Crippen LogP contribution in [0.5, 0.6) is 0 Å². The van der Waals surface area contributed by atoms with E-state index in [0.717, 1.165) is 5.56 Å². The summed E-state index contributed by atoms with van der Waals surface area (Å²) in [7, 11) is 0. The van der Waals surface area contributed by atoms with Crippen LogP contribution in [0, 0.1) is 6.92 Å². The van der Waals surface area contributed by atoms with E-state index in [-0.39, 0.29) is 5.41 Å². The molecule has 0 saturated heterocycles. The number of benzene rings is 2. The molecule has 0 aliphatic heterocycles. The van der Waals surface area contributed by atoms with Gasteiger partial charge in [0.2, 0.25) is 0 Å². The second-order valence-corrected chi connectivity index (χ2v) is 7.61. The fraction of sp³-hybridized carbons (Fsp3) is 0.368. The second kappa shape index (κ2) is 6.67. The third kappa shape index (κ3) is 4.62. The lowest BCUT2D eigenvalue weighted by Gasteiger charge is -2.20. The van der Waals surface area contributed by atoms with Gasteiger partial charge in [-0.05, 0) is 35.6 Å². The minimum Gasteiger partial charge on any atom is -0.388 e. The molecule has 1 atom stereocenters. The molecule has 2 aromatic carbocycles. The number of rotatable bonds is 4. The van der Waals surface area contributed by atoms with Crippen molar-refractivity contribution in [3.63, 3.8) is 0 Å². The van der Waals surface area contributed by atoms with E-state index in [9.17, 15) is 5.11 Å². The Hall–Kier alpha value is -1.25. The highest BCUT2D eigenvalue weighted by molar-refractivity contribution is 7.99. The van der Waals surface area contributed by atoms with E-state index >= 15 is 0 Å². The number of aliphatic hydroxyl groups excluding tert-OH is 1. The highest BCUT2D eigenvalue weighted by Crippen LogP contribution is 2.27. The van der Waals surface area contributed by atoms with Gasteiger partial charge in [0.05, 0.1) is 6.10 Å². The van der Waals surface area contributed by atoms with Gasteiger partial charge in [-0.3, -0.25) is 0 Å². The molecule has 112 valence electrons. The van der Waals surface area contributed by atoms with Crippen molar-refractivity contribution in [2.75, 3.05) is 5.75 Å². The molecule has 2 heteroatoms. The van der Waals surface area contributed by atoms with Crippen LogP contribution in [0.25, 0.3) is 0 Å². The van der Waals surface area contributed by atoms with Crippen LogP contribution in [0.3, 0.4) is 0 Å². The number of aliphatic hydroxyl groups is 1. The molecule has 0 spiro atoms. The third-order valence-electron chi connectivity index (χ3n) is 3.56. The molecule has 2 aromatic rings. The smallest absolute Gasteiger partial charge is 0.0883 e. The third-order valence-corrected chi connectivity index (χ3v) is 4.63. The molecule has 0 radical (unpaired) electrons. The van der Waals surface area contributed by atoms with Gasteiger partial charge in [0.1, 0.15) is 0 Å². The average molecular weight is 300 g/mol. The fourth-order valence-corrected chi connectivity index (χ4v) is 3.17. The van der Waals surface area contributed by atoms with Crippen LogP contribution in [-0.4, -0.2) is 10.9 Å². The van der Waals surface area contributed by atoms with Crippen molar-refractivity contribution < 1.29 is 5.11 Å². The standard InChI is InChI=1S/C19H24OS/c1-14-6-5-7-17(12-14)21-13-18(20)15-8-10-16(11-9-15)19(2,3)4/h5-12,18,20H,13H2,1-4H3. The summed E-state index contributed by atoms with van der Waals surface area (Å²) in [5.41, 5.74) is 3.69. The Balaban J connectivity index is 1.99. The molecule has 1 unspecified atom stereocenters. The van der Waals surface area contributed by atoms with Gasteiger partial charge >= 0.3 is 0 Å². The molecule has 21 heavy (non-hydrogen) atoms. The molecule has 1 nitrogen and oxygen atoms in total. The summed E-state index contributed by atoms with van der Waals surface area (Å²) in [4.78, 5) is 1.21. The highest BCUT2D eigenvalue weighted by Gasteiger charge is 2.14. The zero-order valence-corrected chi connectivity index (χ0v) is 14.1. The monoisotopic (exact) mass is 300 g/mol. The van der Waals surface area contributed by atoms with Gasteiger partial charge in [0.15, 0.2) is 0 Å².